The number of hydrogen-bond donors (Lipinski definition) is 4. The molecular weight excluding hydrogens is 316 g/mol. The van der Waals surface area contributed by atoms with E-state index in [0.29, 0.717) is 6.61 Å². The third-order valence-corrected chi connectivity index (χ3v) is 4.53. The summed E-state index contributed by atoms with van der Waals surface area (Å²) in [4.78, 5) is 12.1. The monoisotopic (exact) mass is 340 g/mol. The second kappa shape index (κ2) is 8.11. The van der Waals surface area contributed by atoms with Crippen LogP contribution in [0.5, 0.6) is 5.75 Å². The van der Waals surface area contributed by atoms with Crippen LogP contribution in [-0.4, -0.2) is 18.6 Å². The van der Waals surface area contributed by atoms with Crippen LogP contribution < -0.4 is 26.9 Å². The SMILES string of the molecule is CC1NNC(c2cccc(OCCc3ccccc3)c2)C1C(=O)NN. The van der Waals surface area contributed by atoms with Crippen molar-refractivity contribution in [2.24, 2.45) is 11.8 Å². The third-order valence-electron chi connectivity index (χ3n) is 4.53. The Labute approximate surface area is 147 Å². The maximum absolute atomic E-state index is 12.1. The molecule has 2 aromatic rings. The molecule has 6 heteroatoms. The van der Waals surface area contributed by atoms with Crippen molar-refractivity contribution in [2.75, 3.05) is 6.61 Å². The van der Waals surface area contributed by atoms with Gasteiger partial charge in [0, 0.05) is 12.5 Å². The molecule has 0 saturated carbocycles. The van der Waals surface area contributed by atoms with Crippen molar-refractivity contribution in [1.29, 1.82) is 0 Å². The van der Waals surface area contributed by atoms with Crippen molar-refractivity contribution >= 4 is 5.91 Å². The molecule has 0 radical (unpaired) electrons. The van der Waals surface area contributed by atoms with Crippen molar-refractivity contribution in [3.8, 4) is 5.75 Å². The van der Waals surface area contributed by atoms with Gasteiger partial charge in [-0.25, -0.2) is 11.3 Å². The Morgan fingerprint density at radius 1 is 1.16 bits per heavy atom. The van der Waals surface area contributed by atoms with Crippen LogP contribution in [0, 0.1) is 5.92 Å². The van der Waals surface area contributed by atoms with Crippen LogP contribution in [0.3, 0.4) is 0 Å². The van der Waals surface area contributed by atoms with E-state index >= 15 is 0 Å². The van der Waals surface area contributed by atoms with Gasteiger partial charge in [-0.1, -0.05) is 42.5 Å². The Bertz CT molecular complexity index is 708. The van der Waals surface area contributed by atoms with Gasteiger partial charge in [0.15, 0.2) is 0 Å². The van der Waals surface area contributed by atoms with E-state index < -0.39 is 0 Å². The summed E-state index contributed by atoms with van der Waals surface area (Å²) in [7, 11) is 0. The minimum atomic E-state index is -0.287. The Kier molecular flexibility index (Phi) is 5.65. The van der Waals surface area contributed by atoms with Gasteiger partial charge in [0.25, 0.3) is 0 Å². The third kappa shape index (κ3) is 4.17. The highest BCUT2D eigenvalue weighted by Gasteiger charge is 2.39. The van der Waals surface area contributed by atoms with Crippen LogP contribution in [-0.2, 0) is 11.2 Å². The van der Waals surface area contributed by atoms with Crippen molar-refractivity contribution in [1.82, 2.24) is 16.3 Å². The van der Waals surface area contributed by atoms with E-state index in [1.807, 2.05) is 49.4 Å². The molecule has 1 fully saturated rings. The molecule has 3 rings (SSSR count). The zero-order valence-electron chi connectivity index (χ0n) is 14.2. The smallest absolute Gasteiger partial charge is 0.240 e. The lowest BCUT2D eigenvalue weighted by molar-refractivity contribution is -0.125. The molecule has 0 aliphatic carbocycles. The summed E-state index contributed by atoms with van der Waals surface area (Å²) in [6.45, 7) is 2.56. The van der Waals surface area contributed by atoms with Crippen LogP contribution in [0.1, 0.15) is 24.1 Å². The fraction of sp³-hybridized carbons (Fsp3) is 0.316. The summed E-state index contributed by atoms with van der Waals surface area (Å²) in [5.41, 5.74) is 10.8. The Morgan fingerprint density at radius 3 is 2.72 bits per heavy atom. The van der Waals surface area contributed by atoms with E-state index in [1.165, 1.54) is 5.56 Å². The summed E-state index contributed by atoms with van der Waals surface area (Å²) in [6.07, 6.45) is 0.851. The summed E-state index contributed by atoms with van der Waals surface area (Å²) in [5, 5.41) is 0. The maximum atomic E-state index is 12.1. The lowest BCUT2D eigenvalue weighted by Crippen LogP contribution is -2.41. The molecule has 5 N–H and O–H groups in total. The first-order valence-electron chi connectivity index (χ1n) is 8.47. The van der Waals surface area contributed by atoms with E-state index in [2.05, 4.69) is 28.4 Å². The van der Waals surface area contributed by atoms with Gasteiger partial charge in [-0.15, -0.1) is 0 Å². The van der Waals surface area contributed by atoms with E-state index in [9.17, 15) is 4.79 Å². The first-order valence-corrected chi connectivity index (χ1v) is 8.47. The molecule has 3 unspecified atom stereocenters. The number of carbonyl (C=O) groups excluding carboxylic acids is 1. The van der Waals surface area contributed by atoms with Crippen LogP contribution in [0.25, 0.3) is 0 Å². The van der Waals surface area contributed by atoms with Crippen LogP contribution >= 0.6 is 0 Å². The molecule has 1 amide bonds. The summed E-state index contributed by atoms with van der Waals surface area (Å²) in [6, 6.07) is 17.9. The molecule has 1 saturated heterocycles. The topological polar surface area (TPSA) is 88.4 Å². The predicted octanol–water partition coefficient (Wildman–Crippen LogP) is 1.45. The highest BCUT2D eigenvalue weighted by molar-refractivity contribution is 5.80. The van der Waals surface area contributed by atoms with Gasteiger partial charge < -0.3 is 4.74 Å². The van der Waals surface area contributed by atoms with E-state index in [-0.39, 0.29) is 23.9 Å². The second-order valence-corrected chi connectivity index (χ2v) is 6.25. The van der Waals surface area contributed by atoms with E-state index in [4.69, 9.17) is 10.6 Å². The molecule has 1 heterocycles. The lowest BCUT2D eigenvalue weighted by atomic mass is 9.89. The number of carbonyl (C=O) groups is 1. The number of hydrogen-bond acceptors (Lipinski definition) is 5. The number of ether oxygens (including phenoxy) is 1. The molecule has 132 valence electrons. The Balaban J connectivity index is 1.65. The fourth-order valence-electron chi connectivity index (χ4n) is 3.18. The quantitative estimate of drug-likeness (QED) is 0.363. The minimum absolute atomic E-state index is 0.0174. The van der Waals surface area contributed by atoms with Crippen LogP contribution in [0.4, 0.5) is 0 Å². The average molecular weight is 340 g/mol. The van der Waals surface area contributed by atoms with Crippen molar-refractivity contribution in [2.45, 2.75) is 25.4 Å². The zero-order valence-corrected chi connectivity index (χ0v) is 14.2. The lowest BCUT2D eigenvalue weighted by Gasteiger charge is -2.20. The highest BCUT2D eigenvalue weighted by Crippen LogP contribution is 2.30. The van der Waals surface area contributed by atoms with Gasteiger partial charge in [-0.2, -0.15) is 0 Å². The summed E-state index contributed by atoms with van der Waals surface area (Å²) < 4.78 is 5.89. The Hall–Kier alpha value is -2.41. The van der Waals surface area contributed by atoms with E-state index in [1.54, 1.807) is 0 Å². The minimum Gasteiger partial charge on any atom is -0.493 e. The molecule has 6 nitrogen and oxygen atoms in total. The largest absolute Gasteiger partial charge is 0.493 e. The Morgan fingerprint density at radius 2 is 1.96 bits per heavy atom. The number of hydrazine groups is 2. The maximum Gasteiger partial charge on any atom is 0.240 e. The van der Waals surface area contributed by atoms with Crippen molar-refractivity contribution in [3.05, 3.63) is 65.7 Å². The number of rotatable bonds is 6. The zero-order chi connectivity index (χ0) is 17.6. The highest BCUT2D eigenvalue weighted by atomic mass is 16.5. The molecule has 0 bridgehead atoms. The molecule has 2 aromatic carbocycles. The molecule has 1 aliphatic heterocycles. The first-order chi connectivity index (χ1) is 12.2. The average Bonchev–Trinajstić information content (AvgIpc) is 3.04. The van der Waals surface area contributed by atoms with E-state index in [0.717, 1.165) is 17.7 Å². The van der Waals surface area contributed by atoms with Gasteiger partial charge in [0.1, 0.15) is 5.75 Å². The number of amides is 1. The molecular formula is C19H24N4O2. The van der Waals surface area contributed by atoms with Gasteiger partial charge >= 0.3 is 0 Å². The van der Waals surface area contributed by atoms with Crippen LogP contribution in [0.15, 0.2) is 54.6 Å². The van der Waals surface area contributed by atoms with Gasteiger partial charge in [0.05, 0.1) is 18.6 Å². The summed E-state index contributed by atoms with van der Waals surface area (Å²) in [5.74, 6) is 5.64. The van der Waals surface area contributed by atoms with Crippen molar-refractivity contribution in [3.63, 3.8) is 0 Å². The van der Waals surface area contributed by atoms with Gasteiger partial charge in [0.2, 0.25) is 5.91 Å². The molecule has 0 spiro atoms. The fourth-order valence-corrected chi connectivity index (χ4v) is 3.18. The van der Waals surface area contributed by atoms with Crippen LogP contribution in [0.2, 0.25) is 0 Å². The standard InChI is InChI=1S/C19H24N4O2/c1-13-17(19(24)21-20)18(23-22-13)15-8-5-9-16(12-15)25-11-10-14-6-3-2-4-7-14/h2-9,12-13,17-18,22-23H,10-11,20H2,1H3,(H,21,24). The molecule has 25 heavy (non-hydrogen) atoms. The molecule has 3 atom stereocenters. The van der Waals surface area contributed by atoms with Crippen molar-refractivity contribution < 1.29 is 9.53 Å². The van der Waals surface area contributed by atoms with Gasteiger partial charge in [-0.3, -0.25) is 15.6 Å². The number of benzene rings is 2. The molecule has 1 aliphatic rings. The number of nitrogens with two attached hydrogens (primary N) is 1. The predicted molar refractivity (Wildman–Crippen MR) is 96.4 cm³/mol. The summed E-state index contributed by atoms with van der Waals surface area (Å²) >= 11 is 0. The number of nitrogens with one attached hydrogen (secondary N) is 3. The van der Waals surface area contributed by atoms with Gasteiger partial charge in [-0.05, 0) is 30.2 Å². The first kappa shape index (κ1) is 17.4. The normalized spacial score (nSPS) is 22.6. The second-order valence-electron chi connectivity index (χ2n) is 6.25. The molecule has 0 aromatic heterocycles.